The number of nitrogens with zero attached hydrogens (tertiary/aromatic N) is 2. The molecule has 5 heteroatoms. The lowest BCUT2D eigenvalue weighted by Crippen LogP contribution is -2.43. The summed E-state index contributed by atoms with van der Waals surface area (Å²) in [5.74, 6) is -0.0575. The summed E-state index contributed by atoms with van der Waals surface area (Å²) in [6.45, 7) is 4.79. The Kier molecular flexibility index (Phi) is 6.14. The SMILES string of the molecule is Cc1ccncc1C(=O)NCCCN1CCCCC1CO. The van der Waals surface area contributed by atoms with Gasteiger partial charge in [0.15, 0.2) is 0 Å². The van der Waals surface area contributed by atoms with Crippen LogP contribution in [0.3, 0.4) is 0 Å². The standard InChI is InChI=1S/C16H25N3O2/c1-13-6-8-17-11-15(13)16(21)18-7-4-10-19-9-3-2-5-14(19)12-20/h6,8,11,14,20H,2-5,7,9-10,12H2,1H3,(H,18,21). The van der Waals surface area contributed by atoms with Crippen molar-refractivity contribution in [3.8, 4) is 0 Å². The lowest BCUT2D eigenvalue weighted by Gasteiger charge is -2.34. The first-order valence-electron chi connectivity index (χ1n) is 7.76. The van der Waals surface area contributed by atoms with E-state index in [1.165, 1.54) is 12.8 Å². The van der Waals surface area contributed by atoms with Gasteiger partial charge in [-0.1, -0.05) is 6.42 Å². The summed E-state index contributed by atoms with van der Waals surface area (Å²) in [4.78, 5) is 18.4. The van der Waals surface area contributed by atoms with E-state index in [9.17, 15) is 9.90 Å². The van der Waals surface area contributed by atoms with E-state index >= 15 is 0 Å². The second kappa shape index (κ2) is 8.10. The van der Waals surface area contributed by atoms with Crippen LogP contribution in [0, 0.1) is 6.92 Å². The van der Waals surface area contributed by atoms with Gasteiger partial charge in [0.05, 0.1) is 12.2 Å². The summed E-state index contributed by atoms with van der Waals surface area (Å²) in [5, 5.41) is 12.3. The van der Waals surface area contributed by atoms with Crippen molar-refractivity contribution in [2.75, 3.05) is 26.2 Å². The number of piperidine rings is 1. The third-order valence-corrected chi connectivity index (χ3v) is 4.15. The molecule has 1 aliphatic heterocycles. The van der Waals surface area contributed by atoms with Crippen LogP contribution in [0.4, 0.5) is 0 Å². The molecular weight excluding hydrogens is 266 g/mol. The van der Waals surface area contributed by atoms with Crippen LogP contribution in [-0.4, -0.2) is 53.2 Å². The Morgan fingerprint density at radius 1 is 1.52 bits per heavy atom. The van der Waals surface area contributed by atoms with Crippen LogP contribution in [0.1, 0.15) is 41.6 Å². The van der Waals surface area contributed by atoms with Gasteiger partial charge in [0, 0.05) is 31.5 Å². The average molecular weight is 291 g/mol. The van der Waals surface area contributed by atoms with Crippen molar-refractivity contribution in [1.82, 2.24) is 15.2 Å². The van der Waals surface area contributed by atoms with Crippen LogP contribution in [-0.2, 0) is 0 Å². The molecule has 0 aromatic carbocycles. The molecule has 2 heterocycles. The van der Waals surface area contributed by atoms with Gasteiger partial charge in [0.25, 0.3) is 5.91 Å². The summed E-state index contributed by atoms with van der Waals surface area (Å²) in [6, 6.07) is 2.14. The number of rotatable bonds is 6. The first kappa shape index (κ1) is 15.9. The summed E-state index contributed by atoms with van der Waals surface area (Å²) in [5.41, 5.74) is 1.59. The molecule has 1 saturated heterocycles. The number of hydrogen-bond donors (Lipinski definition) is 2. The van der Waals surface area contributed by atoms with Gasteiger partial charge in [-0.05, 0) is 44.4 Å². The van der Waals surface area contributed by atoms with E-state index in [4.69, 9.17) is 0 Å². The number of amides is 1. The van der Waals surface area contributed by atoms with Crippen LogP contribution < -0.4 is 5.32 Å². The Morgan fingerprint density at radius 2 is 2.38 bits per heavy atom. The highest BCUT2D eigenvalue weighted by Crippen LogP contribution is 2.16. The number of aromatic nitrogens is 1. The van der Waals surface area contributed by atoms with Crippen molar-refractivity contribution in [3.05, 3.63) is 29.6 Å². The summed E-state index contributed by atoms with van der Waals surface area (Å²) < 4.78 is 0. The molecule has 116 valence electrons. The van der Waals surface area contributed by atoms with Crippen molar-refractivity contribution in [2.24, 2.45) is 0 Å². The van der Waals surface area contributed by atoms with Gasteiger partial charge in [-0.3, -0.25) is 14.7 Å². The number of hydrogen-bond acceptors (Lipinski definition) is 4. The highest BCUT2D eigenvalue weighted by molar-refractivity contribution is 5.95. The van der Waals surface area contributed by atoms with Crippen molar-refractivity contribution >= 4 is 5.91 Å². The smallest absolute Gasteiger partial charge is 0.253 e. The lowest BCUT2D eigenvalue weighted by molar-refractivity contribution is 0.0868. The maximum Gasteiger partial charge on any atom is 0.253 e. The molecule has 0 saturated carbocycles. The minimum atomic E-state index is -0.0575. The van der Waals surface area contributed by atoms with Crippen LogP contribution in [0.2, 0.25) is 0 Å². The molecule has 0 aliphatic carbocycles. The maximum absolute atomic E-state index is 12.0. The Bertz CT molecular complexity index is 465. The first-order chi connectivity index (χ1) is 10.2. The Hall–Kier alpha value is -1.46. The number of pyridine rings is 1. The van der Waals surface area contributed by atoms with Gasteiger partial charge in [0.2, 0.25) is 0 Å². The lowest BCUT2D eigenvalue weighted by atomic mass is 10.0. The van der Waals surface area contributed by atoms with E-state index in [0.29, 0.717) is 18.2 Å². The van der Waals surface area contributed by atoms with Gasteiger partial charge in [-0.2, -0.15) is 0 Å². The average Bonchev–Trinajstić information content (AvgIpc) is 2.52. The van der Waals surface area contributed by atoms with E-state index in [1.54, 1.807) is 12.4 Å². The summed E-state index contributed by atoms with van der Waals surface area (Å²) in [6.07, 6.45) is 7.70. The molecule has 1 aromatic rings. The monoisotopic (exact) mass is 291 g/mol. The Morgan fingerprint density at radius 3 is 3.14 bits per heavy atom. The van der Waals surface area contributed by atoms with Crippen molar-refractivity contribution in [2.45, 2.75) is 38.6 Å². The highest BCUT2D eigenvalue weighted by atomic mass is 16.3. The number of nitrogens with one attached hydrogen (secondary N) is 1. The predicted molar refractivity (Wildman–Crippen MR) is 82.2 cm³/mol. The Balaban J connectivity index is 1.72. The topological polar surface area (TPSA) is 65.5 Å². The van der Waals surface area contributed by atoms with E-state index in [2.05, 4.69) is 15.2 Å². The molecule has 2 N–H and O–H groups in total. The second-order valence-electron chi connectivity index (χ2n) is 5.67. The number of aliphatic hydroxyl groups excluding tert-OH is 1. The van der Waals surface area contributed by atoms with Crippen LogP contribution >= 0.6 is 0 Å². The third-order valence-electron chi connectivity index (χ3n) is 4.15. The number of carbonyl (C=O) groups is 1. The summed E-state index contributed by atoms with van der Waals surface area (Å²) in [7, 11) is 0. The van der Waals surface area contributed by atoms with Crippen molar-refractivity contribution < 1.29 is 9.90 Å². The molecule has 1 unspecified atom stereocenters. The molecule has 1 atom stereocenters. The largest absolute Gasteiger partial charge is 0.395 e. The van der Waals surface area contributed by atoms with Gasteiger partial charge >= 0.3 is 0 Å². The fourth-order valence-corrected chi connectivity index (χ4v) is 2.84. The maximum atomic E-state index is 12.0. The minimum Gasteiger partial charge on any atom is -0.395 e. The minimum absolute atomic E-state index is 0.0575. The molecular formula is C16H25N3O2. The molecule has 21 heavy (non-hydrogen) atoms. The molecule has 0 bridgehead atoms. The van der Waals surface area contributed by atoms with Crippen molar-refractivity contribution in [1.29, 1.82) is 0 Å². The van der Waals surface area contributed by atoms with Gasteiger partial charge in [0.1, 0.15) is 0 Å². The van der Waals surface area contributed by atoms with E-state index in [1.807, 2.05) is 13.0 Å². The molecule has 1 aromatic heterocycles. The normalized spacial score (nSPS) is 19.4. The van der Waals surface area contributed by atoms with Gasteiger partial charge < -0.3 is 10.4 Å². The number of aliphatic hydroxyl groups is 1. The number of likely N-dealkylation sites (tertiary alicyclic amines) is 1. The second-order valence-corrected chi connectivity index (χ2v) is 5.67. The molecule has 2 rings (SSSR count). The van der Waals surface area contributed by atoms with Gasteiger partial charge in [-0.15, -0.1) is 0 Å². The first-order valence-corrected chi connectivity index (χ1v) is 7.76. The molecule has 0 spiro atoms. The quantitative estimate of drug-likeness (QED) is 0.777. The highest BCUT2D eigenvalue weighted by Gasteiger charge is 2.20. The zero-order valence-electron chi connectivity index (χ0n) is 12.7. The summed E-state index contributed by atoms with van der Waals surface area (Å²) >= 11 is 0. The number of aryl methyl sites for hydroxylation is 1. The van der Waals surface area contributed by atoms with Gasteiger partial charge in [-0.25, -0.2) is 0 Å². The van der Waals surface area contributed by atoms with E-state index in [-0.39, 0.29) is 12.5 Å². The fraction of sp³-hybridized carbons (Fsp3) is 0.625. The van der Waals surface area contributed by atoms with Crippen LogP contribution in [0.25, 0.3) is 0 Å². The molecule has 5 nitrogen and oxygen atoms in total. The third kappa shape index (κ3) is 4.51. The zero-order valence-corrected chi connectivity index (χ0v) is 12.7. The molecule has 1 amide bonds. The van der Waals surface area contributed by atoms with Crippen LogP contribution in [0.15, 0.2) is 18.5 Å². The molecule has 1 fully saturated rings. The fourth-order valence-electron chi connectivity index (χ4n) is 2.84. The van der Waals surface area contributed by atoms with E-state index < -0.39 is 0 Å². The van der Waals surface area contributed by atoms with Crippen LogP contribution in [0.5, 0.6) is 0 Å². The van der Waals surface area contributed by atoms with E-state index in [0.717, 1.165) is 31.5 Å². The molecule has 1 aliphatic rings. The number of carbonyl (C=O) groups excluding carboxylic acids is 1. The zero-order chi connectivity index (χ0) is 15.1. The predicted octanol–water partition coefficient (Wildman–Crippen LogP) is 1.36. The molecule has 0 radical (unpaired) electrons. The van der Waals surface area contributed by atoms with Crippen molar-refractivity contribution in [3.63, 3.8) is 0 Å². The Labute approximate surface area is 126 Å².